The molecule has 3 atom stereocenters. The molecule has 0 aromatic carbocycles. The van der Waals surface area contributed by atoms with E-state index in [1.807, 2.05) is 11.5 Å². The molecule has 7 nitrogen and oxygen atoms in total. The maximum Gasteiger partial charge on any atom is 0.167 e. The number of nitrogens with zero attached hydrogens (tertiary/aromatic N) is 4. The van der Waals surface area contributed by atoms with Gasteiger partial charge in [-0.05, 0) is 6.42 Å². The van der Waals surface area contributed by atoms with Gasteiger partial charge in [0, 0.05) is 13.5 Å². The van der Waals surface area contributed by atoms with Crippen molar-refractivity contribution in [2.24, 2.45) is 0 Å². The topological polar surface area (TPSA) is 85.1 Å². The highest BCUT2D eigenvalue weighted by molar-refractivity contribution is 5.82. The zero-order chi connectivity index (χ0) is 13.4. The molecule has 2 aromatic heterocycles. The van der Waals surface area contributed by atoms with E-state index in [0.29, 0.717) is 23.4 Å². The second-order valence-electron chi connectivity index (χ2n) is 4.64. The Morgan fingerprint density at radius 2 is 2.32 bits per heavy atom. The molecule has 0 bridgehead atoms. The lowest BCUT2D eigenvalue weighted by Crippen LogP contribution is -2.19. The number of imidazole rings is 1. The van der Waals surface area contributed by atoms with Crippen LogP contribution < -0.4 is 5.32 Å². The molecule has 3 rings (SSSR count). The number of fused-ring (bicyclic) bond motifs is 1. The summed E-state index contributed by atoms with van der Waals surface area (Å²) in [5.41, 5.74) is 1.43. The second kappa shape index (κ2) is 4.75. The van der Waals surface area contributed by atoms with E-state index < -0.39 is 6.10 Å². The summed E-state index contributed by atoms with van der Waals surface area (Å²) in [5, 5.41) is 12.9. The van der Waals surface area contributed by atoms with E-state index in [-0.39, 0.29) is 12.3 Å². The van der Waals surface area contributed by atoms with E-state index in [9.17, 15) is 5.11 Å². The van der Waals surface area contributed by atoms with Crippen molar-refractivity contribution < 1.29 is 9.84 Å². The quantitative estimate of drug-likeness (QED) is 0.856. The Morgan fingerprint density at radius 3 is 3.00 bits per heavy atom. The number of aliphatic hydroxyl groups excluding tert-OH is 1. The fourth-order valence-corrected chi connectivity index (χ4v) is 2.50. The lowest BCUT2D eigenvalue weighted by Gasteiger charge is -2.13. The molecule has 0 aliphatic carbocycles. The lowest BCUT2D eigenvalue weighted by atomic mass is 10.1. The molecule has 1 fully saturated rings. The Labute approximate surface area is 110 Å². The van der Waals surface area contributed by atoms with Gasteiger partial charge in [0.2, 0.25) is 0 Å². The van der Waals surface area contributed by atoms with Crippen molar-refractivity contribution >= 4 is 17.0 Å². The van der Waals surface area contributed by atoms with E-state index in [1.165, 1.54) is 6.33 Å². The van der Waals surface area contributed by atoms with Gasteiger partial charge in [-0.15, -0.1) is 0 Å². The molecule has 1 aliphatic heterocycles. The number of nitrogens with one attached hydrogen (secondary N) is 1. The predicted molar refractivity (Wildman–Crippen MR) is 69.7 cm³/mol. The molecule has 0 radical (unpaired) electrons. The van der Waals surface area contributed by atoms with Gasteiger partial charge < -0.3 is 15.2 Å². The number of ether oxygens (including phenoxy) is 1. The van der Waals surface area contributed by atoms with Gasteiger partial charge in [0.05, 0.1) is 18.5 Å². The molecule has 0 unspecified atom stereocenters. The zero-order valence-electron chi connectivity index (χ0n) is 10.9. The number of hydrogen-bond acceptors (Lipinski definition) is 6. The highest BCUT2D eigenvalue weighted by Gasteiger charge is 2.34. The summed E-state index contributed by atoms with van der Waals surface area (Å²) in [4.78, 5) is 12.7. The Hall–Kier alpha value is -1.73. The molecule has 1 saturated heterocycles. The van der Waals surface area contributed by atoms with Crippen LogP contribution in [0.2, 0.25) is 0 Å². The van der Waals surface area contributed by atoms with Crippen LogP contribution in [-0.2, 0) is 4.74 Å². The van der Waals surface area contributed by atoms with Crippen LogP contribution in [0.15, 0.2) is 12.7 Å². The van der Waals surface area contributed by atoms with Crippen LogP contribution in [0.1, 0.15) is 26.0 Å². The Balaban J connectivity index is 1.98. The average molecular weight is 263 g/mol. The summed E-state index contributed by atoms with van der Waals surface area (Å²) in [7, 11) is 1.80. The SMILES string of the molecule is CC[C@H]1O[C@@H](n2cnc3c(NC)ncnc32)C[C@H]1O. The van der Waals surface area contributed by atoms with E-state index in [0.717, 1.165) is 6.42 Å². The van der Waals surface area contributed by atoms with Crippen LogP contribution >= 0.6 is 0 Å². The highest BCUT2D eigenvalue weighted by Crippen LogP contribution is 2.32. The van der Waals surface area contributed by atoms with Crippen molar-refractivity contribution in [2.75, 3.05) is 12.4 Å². The largest absolute Gasteiger partial charge is 0.390 e. The molecule has 1 aliphatic rings. The van der Waals surface area contributed by atoms with Crippen molar-refractivity contribution in [3.63, 3.8) is 0 Å². The number of aromatic nitrogens is 4. The highest BCUT2D eigenvalue weighted by atomic mass is 16.5. The molecule has 0 saturated carbocycles. The summed E-state index contributed by atoms with van der Waals surface area (Å²) in [6, 6.07) is 0. The molecule has 0 spiro atoms. The molecular formula is C12H17N5O2. The summed E-state index contributed by atoms with van der Waals surface area (Å²) < 4.78 is 7.70. The van der Waals surface area contributed by atoms with Crippen molar-refractivity contribution in [3.05, 3.63) is 12.7 Å². The standard InChI is InChI=1S/C12H17N5O2/c1-3-8-7(18)4-9(19-8)17-6-16-10-11(13-2)14-5-15-12(10)17/h5-9,18H,3-4H2,1-2H3,(H,13,14,15)/t7-,8-,9-/m1/s1. The minimum absolute atomic E-state index is 0.118. The van der Waals surface area contributed by atoms with Crippen LogP contribution in [0.5, 0.6) is 0 Å². The third-order valence-electron chi connectivity index (χ3n) is 3.51. The zero-order valence-corrected chi connectivity index (χ0v) is 10.9. The Morgan fingerprint density at radius 1 is 1.47 bits per heavy atom. The molecule has 0 amide bonds. The molecule has 3 heterocycles. The fraction of sp³-hybridized carbons (Fsp3) is 0.583. The third kappa shape index (κ3) is 1.95. The Bertz CT molecular complexity index is 585. The predicted octanol–water partition coefficient (Wildman–Crippen LogP) is 0.926. The normalized spacial score (nSPS) is 27.0. The van der Waals surface area contributed by atoms with Gasteiger partial charge in [-0.25, -0.2) is 15.0 Å². The molecule has 19 heavy (non-hydrogen) atoms. The summed E-state index contributed by atoms with van der Waals surface area (Å²) in [6.45, 7) is 2.00. The van der Waals surface area contributed by atoms with Crippen LogP contribution in [0, 0.1) is 0 Å². The number of hydrogen-bond donors (Lipinski definition) is 2. The van der Waals surface area contributed by atoms with Crippen molar-refractivity contribution in [2.45, 2.75) is 38.2 Å². The van der Waals surface area contributed by atoms with E-state index in [1.54, 1.807) is 13.4 Å². The van der Waals surface area contributed by atoms with Gasteiger partial charge in [0.25, 0.3) is 0 Å². The van der Waals surface area contributed by atoms with Gasteiger partial charge in [-0.1, -0.05) is 6.92 Å². The second-order valence-corrected chi connectivity index (χ2v) is 4.64. The van der Waals surface area contributed by atoms with E-state index in [4.69, 9.17) is 4.74 Å². The minimum atomic E-state index is -0.432. The Kier molecular flexibility index (Phi) is 3.08. The molecule has 2 aromatic rings. The molecule has 102 valence electrons. The first-order chi connectivity index (χ1) is 9.24. The monoisotopic (exact) mass is 263 g/mol. The van der Waals surface area contributed by atoms with Crippen LogP contribution in [-0.4, -0.2) is 43.9 Å². The number of aliphatic hydroxyl groups is 1. The smallest absolute Gasteiger partial charge is 0.167 e. The minimum Gasteiger partial charge on any atom is -0.390 e. The summed E-state index contributed by atoms with van der Waals surface area (Å²) in [6.07, 6.45) is 3.77. The van der Waals surface area contributed by atoms with Gasteiger partial charge >= 0.3 is 0 Å². The van der Waals surface area contributed by atoms with Crippen LogP contribution in [0.4, 0.5) is 5.82 Å². The van der Waals surface area contributed by atoms with E-state index >= 15 is 0 Å². The van der Waals surface area contributed by atoms with E-state index in [2.05, 4.69) is 20.3 Å². The van der Waals surface area contributed by atoms with Crippen LogP contribution in [0.25, 0.3) is 11.2 Å². The first kappa shape index (κ1) is 12.3. The van der Waals surface area contributed by atoms with Crippen molar-refractivity contribution in [1.29, 1.82) is 0 Å². The third-order valence-corrected chi connectivity index (χ3v) is 3.51. The van der Waals surface area contributed by atoms with Gasteiger partial charge in [-0.3, -0.25) is 4.57 Å². The van der Waals surface area contributed by atoms with Gasteiger partial charge in [-0.2, -0.15) is 0 Å². The first-order valence-electron chi connectivity index (χ1n) is 6.43. The molecule has 7 heteroatoms. The molecule has 2 N–H and O–H groups in total. The summed E-state index contributed by atoms with van der Waals surface area (Å²) in [5.74, 6) is 0.689. The maximum atomic E-state index is 9.93. The number of anilines is 1. The maximum absolute atomic E-state index is 9.93. The van der Waals surface area contributed by atoms with Crippen LogP contribution in [0.3, 0.4) is 0 Å². The fourth-order valence-electron chi connectivity index (χ4n) is 2.50. The van der Waals surface area contributed by atoms with Gasteiger partial charge in [0.15, 0.2) is 11.5 Å². The van der Waals surface area contributed by atoms with Gasteiger partial charge in [0.1, 0.15) is 18.1 Å². The lowest BCUT2D eigenvalue weighted by molar-refractivity contribution is -0.0183. The number of rotatable bonds is 3. The van der Waals surface area contributed by atoms with Crippen molar-refractivity contribution in [1.82, 2.24) is 19.5 Å². The summed E-state index contributed by atoms with van der Waals surface area (Å²) >= 11 is 0. The average Bonchev–Trinajstić information content (AvgIpc) is 3.01. The molecular weight excluding hydrogens is 246 g/mol. The van der Waals surface area contributed by atoms with Crippen molar-refractivity contribution in [3.8, 4) is 0 Å². The first-order valence-corrected chi connectivity index (χ1v) is 6.43.